The quantitative estimate of drug-likeness (QED) is 0.569. The van der Waals surface area contributed by atoms with E-state index in [4.69, 9.17) is 23.2 Å². The Hall–Kier alpha value is -2.68. The van der Waals surface area contributed by atoms with Crippen molar-refractivity contribution in [2.75, 3.05) is 25.5 Å². The minimum atomic E-state index is -1.35. The van der Waals surface area contributed by atoms with Crippen LogP contribution in [0.3, 0.4) is 0 Å². The molecule has 3 amide bonds. The lowest BCUT2D eigenvalue weighted by molar-refractivity contribution is -0.132. The molecule has 184 valence electrons. The summed E-state index contributed by atoms with van der Waals surface area (Å²) in [6.07, 6.45) is 0.794. The summed E-state index contributed by atoms with van der Waals surface area (Å²) in [7, 11) is 1.51. The van der Waals surface area contributed by atoms with E-state index in [1.54, 1.807) is 35.2 Å². The first-order valence-corrected chi connectivity index (χ1v) is 12.2. The predicted molar refractivity (Wildman–Crippen MR) is 131 cm³/mol. The molecule has 0 radical (unpaired) electrons. The summed E-state index contributed by atoms with van der Waals surface area (Å²) in [5, 5.41) is 9.46. The minimum absolute atomic E-state index is 0.0600. The Morgan fingerprint density at radius 3 is 2.54 bits per heavy atom. The molecule has 3 aliphatic heterocycles. The monoisotopic (exact) mass is 518 g/mol. The molecule has 3 atom stereocenters. The number of fused-ring (bicyclic) bond motifs is 3. The van der Waals surface area contributed by atoms with Crippen molar-refractivity contribution in [2.45, 2.75) is 42.7 Å². The molecule has 2 aromatic rings. The molecule has 2 saturated heterocycles. The fraction of sp³-hybridized carbons (Fsp3) is 0.400. The number of carbonyl (C=O) groups excluding carboxylic acids is 3. The first-order valence-electron chi connectivity index (χ1n) is 11.5. The zero-order valence-electron chi connectivity index (χ0n) is 19.3. The van der Waals surface area contributed by atoms with Gasteiger partial charge in [0.2, 0.25) is 17.7 Å². The number of carbonyl (C=O) groups is 3. The molecule has 2 spiro atoms. The minimum Gasteiger partial charge on any atom is -0.358 e. The van der Waals surface area contributed by atoms with Crippen molar-refractivity contribution < 1.29 is 18.8 Å². The van der Waals surface area contributed by atoms with Gasteiger partial charge in [-0.1, -0.05) is 41.4 Å². The van der Waals surface area contributed by atoms with Crippen LogP contribution in [-0.2, 0) is 19.8 Å². The number of anilines is 1. The molecule has 5 rings (SSSR count). The number of amides is 3. The third kappa shape index (κ3) is 3.30. The molecule has 3 aliphatic rings. The van der Waals surface area contributed by atoms with Crippen molar-refractivity contribution in [3.05, 3.63) is 63.4 Å². The van der Waals surface area contributed by atoms with E-state index in [1.807, 2.05) is 0 Å². The highest BCUT2D eigenvalue weighted by molar-refractivity contribution is 6.31. The number of likely N-dealkylation sites (tertiary alicyclic amines) is 1. The Bertz CT molecular complexity index is 1250. The smallest absolute Gasteiger partial charge is 0.237 e. The summed E-state index contributed by atoms with van der Waals surface area (Å²) in [4.78, 5) is 41.2. The van der Waals surface area contributed by atoms with Gasteiger partial charge in [0.15, 0.2) is 0 Å². The standard InChI is InChI=1S/C25H25Cl2FN4O3/c1-13(33)32-10-8-24(9-11-32)25(16-7-6-14(26)12-18(16)30-23(25)35)19(21(31-24)22(34)29-2)15-4-3-5-17(27)20(15)28/h3-7,12,19,21,31H,8-11H2,1-2H3,(H,29,34)(H,30,35)/t19-,21+,25+/m0/s1. The highest BCUT2D eigenvalue weighted by atomic mass is 35.5. The Morgan fingerprint density at radius 1 is 1.17 bits per heavy atom. The molecule has 2 fully saturated rings. The summed E-state index contributed by atoms with van der Waals surface area (Å²) >= 11 is 12.4. The normalized spacial score (nSPS) is 26.7. The predicted octanol–water partition coefficient (Wildman–Crippen LogP) is 3.21. The van der Waals surface area contributed by atoms with Crippen molar-refractivity contribution >= 4 is 46.6 Å². The van der Waals surface area contributed by atoms with Crippen LogP contribution in [0.2, 0.25) is 10.0 Å². The second-order valence-electron chi connectivity index (χ2n) is 9.40. The maximum Gasteiger partial charge on any atom is 0.237 e. The third-order valence-corrected chi connectivity index (χ3v) is 8.43. The molecule has 3 heterocycles. The molecule has 0 saturated carbocycles. The lowest BCUT2D eigenvalue weighted by atomic mass is 9.56. The van der Waals surface area contributed by atoms with E-state index < -0.39 is 28.7 Å². The largest absolute Gasteiger partial charge is 0.358 e. The number of rotatable bonds is 2. The second kappa shape index (κ2) is 8.47. The van der Waals surface area contributed by atoms with E-state index in [9.17, 15) is 14.4 Å². The summed E-state index contributed by atoms with van der Waals surface area (Å²) in [6.45, 7) is 2.30. The van der Waals surface area contributed by atoms with Gasteiger partial charge in [0, 0.05) is 49.2 Å². The van der Waals surface area contributed by atoms with E-state index in [0.717, 1.165) is 0 Å². The molecule has 0 bridgehead atoms. The zero-order valence-corrected chi connectivity index (χ0v) is 20.8. The molecular formula is C25H25Cl2FN4O3. The maximum atomic E-state index is 15.6. The molecule has 3 N–H and O–H groups in total. The lowest BCUT2D eigenvalue weighted by Gasteiger charge is -2.49. The van der Waals surface area contributed by atoms with E-state index in [1.165, 1.54) is 20.0 Å². The van der Waals surface area contributed by atoms with Gasteiger partial charge in [0.05, 0.1) is 11.1 Å². The van der Waals surface area contributed by atoms with Gasteiger partial charge < -0.3 is 15.5 Å². The van der Waals surface area contributed by atoms with Gasteiger partial charge in [0.25, 0.3) is 0 Å². The SMILES string of the molecule is CNC(=O)[C@@H]1NC2(CCN(C(C)=O)CC2)[C@@]2(C(=O)Nc3cc(Cl)ccc32)[C@H]1c1cccc(Cl)c1F. The van der Waals surface area contributed by atoms with E-state index >= 15 is 4.39 Å². The van der Waals surface area contributed by atoms with E-state index in [0.29, 0.717) is 42.2 Å². The van der Waals surface area contributed by atoms with Gasteiger partial charge in [-0.2, -0.15) is 0 Å². The van der Waals surface area contributed by atoms with Gasteiger partial charge in [-0.15, -0.1) is 0 Å². The second-order valence-corrected chi connectivity index (χ2v) is 10.2. The van der Waals surface area contributed by atoms with Gasteiger partial charge in [-0.25, -0.2) is 4.39 Å². The van der Waals surface area contributed by atoms with Gasteiger partial charge in [-0.05, 0) is 42.2 Å². The molecule has 0 aliphatic carbocycles. The summed E-state index contributed by atoms with van der Waals surface area (Å²) in [5.74, 6) is -2.34. The van der Waals surface area contributed by atoms with Crippen LogP contribution in [0.4, 0.5) is 10.1 Å². The van der Waals surface area contributed by atoms with Crippen LogP contribution in [-0.4, -0.2) is 54.3 Å². The van der Waals surface area contributed by atoms with E-state index in [-0.39, 0.29) is 28.3 Å². The van der Waals surface area contributed by atoms with Crippen molar-refractivity contribution in [1.29, 1.82) is 0 Å². The number of piperidine rings is 1. The number of hydrogen-bond acceptors (Lipinski definition) is 4. The Balaban J connectivity index is 1.80. The Morgan fingerprint density at radius 2 is 1.89 bits per heavy atom. The Labute approximate surface area is 212 Å². The average Bonchev–Trinajstić information content (AvgIpc) is 3.28. The first-order chi connectivity index (χ1) is 16.7. The van der Waals surface area contributed by atoms with Gasteiger partial charge in [0.1, 0.15) is 11.2 Å². The summed E-state index contributed by atoms with van der Waals surface area (Å²) in [6, 6.07) is 8.85. The lowest BCUT2D eigenvalue weighted by Crippen LogP contribution is -2.64. The molecule has 0 unspecified atom stereocenters. The first kappa shape index (κ1) is 24.0. The van der Waals surface area contributed by atoms with Gasteiger partial charge in [-0.3, -0.25) is 19.7 Å². The highest BCUT2D eigenvalue weighted by Crippen LogP contribution is 2.61. The average molecular weight is 519 g/mol. The van der Waals surface area contributed by atoms with Gasteiger partial charge >= 0.3 is 0 Å². The molecule has 2 aromatic carbocycles. The number of benzene rings is 2. The highest BCUT2D eigenvalue weighted by Gasteiger charge is 2.72. The van der Waals surface area contributed by atoms with Crippen molar-refractivity contribution in [1.82, 2.24) is 15.5 Å². The van der Waals surface area contributed by atoms with Crippen LogP contribution in [0.1, 0.15) is 36.8 Å². The number of nitrogens with zero attached hydrogens (tertiary/aromatic N) is 1. The summed E-state index contributed by atoms with van der Waals surface area (Å²) in [5.41, 5.74) is -0.923. The fourth-order valence-corrected chi connectivity index (χ4v) is 6.78. The zero-order chi connectivity index (χ0) is 25.1. The third-order valence-electron chi connectivity index (χ3n) is 7.91. The molecule has 7 nitrogen and oxygen atoms in total. The number of halogens is 3. The molecular weight excluding hydrogens is 494 g/mol. The molecule has 10 heteroatoms. The van der Waals surface area contributed by atoms with E-state index in [2.05, 4.69) is 16.0 Å². The topological polar surface area (TPSA) is 90.5 Å². The van der Waals surface area contributed by atoms with Crippen LogP contribution in [0, 0.1) is 5.82 Å². The molecule has 0 aromatic heterocycles. The van der Waals surface area contributed by atoms with Crippen molar-refractivity contribution in [3.63, 3.8) is 0 Å². The summed E-state index contributed by atoms with van der Waals surface area (Å²) < 4.78 is 15.6. The van der Waals surface area contributed by atoms with Crippen molar-refractivity contribution in [2.24, 2.45) is 0 Å². The van der Waals surface area contributed by atoms with Crippen LogP contribution in [0.25, 0.3) is 0 Å². The maximum absolute atomic E-state index is 15.6. The molecule has 35 heavy (non-hydrogen) atoms. The Kier molecular flexibility index (Phi) is 5.81. The number of likely N-dealkylation sites (N-methyl/N-ethyl adjacent to an activating group) is 1. The fourth-order valence-electron chi connectivity index (χ4n) is 6.42. The number of nitrogens with one attached hydrogen (secondary N) is 3. The number of hydrogen-bond donors (Lipinski definition) is 3. The van der Waals surface area contributed by atoms with Crippen LogP contribution < -0.4 is 16.0 Å². The van der Waals surface area contributed by atoms with Crippen LogP contribution in [0.5, 0.6) is 0 Å². The van der Waals surface area contributed by atoms with Crippen LogP contribution in [0.15, 0.2) is 36.4 Å². The van der Waals surface area contributed by atoms with Crippen molar-refractivity contribution in [3.8, 4) is 0 Å². The van der Waals surface area contributed by atoms with Crippen LogP contribution >= 0.6 is 23.2 Å².